The summed E-state index contributed by atoms with van der Waals surface area (Å²) in [4.78, 5) is 26.3. The van der Waals surface area contributed by atoms with Crippen LogP contribution in [0.2, 0.25) is 0 Å². The molecule has 3 rings (SSSR count). The number of ether oxygens (including phenoxy) is 3. The van der Waals surface area contributed by atoms with Gasteiger partial charge in [-0.15, -0.1) is 0 Å². The minimum Gasteiger partial charge on any atom is -0.497 e. The second-order valence-electron chi connectivity index (χ2n) is 6.68. The highest BCUT2D eigenvalue weighted by atomic mass is 16.5. The van der Waals surface area contributed by atoms with Gasteiger partial charge in [0.1, 0.15) is 5.75 Å². The molecule has 8 nitrogen and oxygen atoms in total. The second kappa shape index (κ2) is 9.18. The summed E-state index contributed by atoms with van der Waals surface area (Å²) < 4.78 is 15.6. The molecule has 1 aliphatic heterocycles. The van der Waals surface area contributed by atoms with Crippen LogP contribution in [0.1, 0.15) is 6.42 Å². The van der Waals surface area contributed by atoms with Gasteiger partial charge >= 0.3 is 6.03 Å². The van der Waals surface area contributed by atoms with Crippen LogP contribution in [-0.4, -0.2) is 46.4 Å². The fraction of sp³-hybridized carbons (Fsp3) is 0.333. The zero-order valence-electron chi connectivity index (χ0n) is 16.7. The summed E-state index contributed by atoms with van der Waals surface area (Å²) in [7, 11) is 4.69. The maximum Gasteiger partial charge on any atom is 0.319 e. The number of rotatable bonds is 7. The lowest BCUT2D eigenvalue weighted by molar-refractivity contribution is -0.117. The van der Waals surface area contributed by atoms with Crippen molar-refractivity contribution >= 4 is 23.3 Å². The average molecular weight is 399 g/mol. The highest BCUT2D eigenvalue weighted by Crippen LogP contribution is 2.30. The second-order valence-corrected chi connectivity index (χ2v) is 6.68. The predicted molar refractivity (Wildman–Crippen MR) is 110 cm³/mol. The summed E-state index contributed by atoms with van der Waals surface area (Å²) in [6.45, 7) is 0.958. The van der Waals surface area contributed by atoms with E-state index in [1.54, 1.807) is 37.3 Å². The van der Waals surface area contributed by atoms with Gasteiger partial charge in [0.15, 0.2) is 11.5 Å². The molecule has 2 aromatic carbocycles. The fourth-order valence-corrected chi connectivity index (χ4v) is 3.26. The van der Waals surface area contributed by atoms with Crippen molar-refractivity contribution in [1.82, 2.24) is 5.32 Å². The monoisotopic (exact) mass is 399 g/mol. The SMILES string of the molecule is COc1ccc(N2C[C@@H](CNC(=O)Nc3ccc(OC)c(OC)c3)CC2=O)cc1. The number of urea groups is 1. The van der Waals surface area contributed by atoms with Crippen molar-refractivity contribution in [3.63, 3.8) is 0 Å². The van der Waals surface area contributed by atoms with Gasteiger partial charge in [0, 0.05) is 42.9 Å². The van der Waals surface area contributed by atoms with Gasteiger partial charge in [-0.3, -0.25) is 4.79 Å². The Bertz CT molecular complexity index is 869. The molecule has 1 atom stereocenters. The maximum absolute atomic E-state index is 12.3. The standard InChI is InChI=1S/C21H25N3O5/c1-27-17-7-5-16(6-8-17)24-13-14(10-20(24)25)12-22-21(26)23-15-4-9-18(28-2)19(11-15)29-3/h4-9,11,14H,10,12-13H2,1-3H3,(H2,22,23,26)/t14-/m1/s1. The van der Waals surface area contributed by atoms with E-state index in [-0.39, 0.29) is 17.9 Å². The van der Waals surface area contributed by atoms with Gasteiger partial charge in [-0.2, -0.15) is 0 Å². The molecule has 0 spiro atoms. The molecule has 1 heterocycles. The third kappa shape index (κ3) is 4.90. The van der Waals surface area contributed by atoms with Crippen LogP contribution in [0.5, 0.6) is 17.2 Å². The number of carbonyl (C=O) groups is 2. The first-order valence-corrected chi connectivity index (χ1v) is 9.25. The van der Waals surface area contributed by atoms with Crippen molar-refractivity contribution in [2.24, 2.45) is 5.92 Å². The number of benzene rings is 2. The first-order chi connectivity index (χ1) is 14.0. The predicted octanol–water partition coefficient (Wildman–Crippen LogP) is 2.89. The van der Waals surface area contributed by atoms with E-state index >= 15 is 0 Å². The molecule has 154 valence electrons. The lowest BCUT2D eigenvalue weighted by Crippen LogP contribution is -2.34. The molecular formula is C21H25N3O5. The number of hydrogen-bond acceptors (Lipinski definition) is 5. The molecule has 0 bridgehead atoms. The van der Waals surface area contributed by atoms with Gasteiger partial charge in [0.05, 0.1) is 21.3 Å². The molecule has 0 aliphatic carbocycles. The van der Waals surface area contributed by atoms with Crippen LogP contribution in [-0.2, 0) is 4.79 Å². The summed E-state index contributed by atoms with van der Waals surface area (Å²) in [5.41, 5.74) is 1.41. The lowest BCUT2D eigenvalue weighted by Gasteiger charge is -2.17. The van der Waals surface area contributed by atoms with E-state index in [4.69, 9.17) is 14.2 Å². The van der Waals surface area contributed by atoms with E-state index in [0.29, 0.717) is 36.7 Å². The van der Waals surface area contributed by atoms with Gasteiger partial charge in [-0.05, 0) is 36.4 Å². The van der Waals surface area contributed by atoms with Gasteiger partial charge in [-0.1, -0.05) is 0 Å². The van der Waals surface area contributed by atoms with Crippen molar-refractivity contribution in [2.75, 3.05) is 44.6 Å². The van der Waals surface area contributed by atoms with Crippen LogP contribution >= 0.6 is 0 Å². The van der Waals surface area contributed by atoms with Gasteiger partial charge in [-0.25, -0.2) is 4.79 Å². The molecule has 2 aromatic rings. The van der Waals surface area contributed by atoms with Crippen LogP contribution in [0.25, 0.3) is 0 Å². The number of amides is 3. The molecule has 29 heavy (non-hydrogen) atoms. The number of hydrogen-bond donors (Lipinski definition) is 2. The molecule has 0 aromatic heterocycles. The zero-order valence-corrected chi connectivity index (χ0v) is 16.7. The Kier molecular flexibility index (Phi) is 6.43. The number of anilines is 2. The van der Waals surface area contributed by atoms with Crippen LogP contribution in [0.3, 0.4) is 0 Å². The van der Waals surface area contributed by atoms with Crippen molar-refractivity contribution in [3.8, 4) is 17.2 Å². The molecule has 3 amide bonds. The Morgan fingerprint density at radius 1 is 1.03 bits per heavy atom. The van der Waals surface area contributed by atoms with Gasteiger partial charge in [0.25, 0.3) is 0 Å². The lowest BCUT2D eigenvalue weighted by atomic mass is 10.1. The first kappa shape index (κ1) is 20.3. The fourth-order valence-electron chi connectivity index (χ4n) is 3.26. The number of methoxy groups -OCH3 is 3. The van der Waals surface area contributed by atoms with Crippen LogP contribution in [0.4, 0.5) is 16.2 Å². The third-order valence-electron chi connectivity index (χ3n) is 4.78. The van der Waals surface area contributed by atoms with E-state index in [1.165, 1.54) is 7.11 Å². The third-order valence-corrected chi connectivity index (χ3v) is 4.78. The van der Waals surface area contributed by atoms with Crippen molar-refractivity contribution < 1.29 is 23.8 Å². The Morgan fingerprint density at radius 3 is 2.41 bits per heavy atom. The Balaban J connectivity index is 1.52. The minimum absolute atomic E-state index is 0.0424. The zero-order chi connectivity index (χ0) is 20.8. The van der Waals surface area contributed by atoms with Crippen LogP contribution < -0.4 is 29.7 Å². The number of carbonyl (C=O) groups excluding carboxylic acids is 2. The van der Waals surface area contributed by atoms with E-state index < -0.39 is 0 Å². The Morgan fingerprint density at radius 2 is 1.76 bits per heavy atom. The summed E-state index contributed by atoms with van der Waals surface area (Å²) in [5, 5.41) is 5.59. The van der Waals surface area contributed by atoms with Crippen molar-refractivity contribution in [2.45, 2.75) is 6.42 Å². The molecule has 0 unspecified atom stereocenters. The van der Waals surface area contributed by atoms with E-state index in [9.17, 15) is 9.59 Å². The minimum atomic E-state index is -0.340. The summed E-state index contributed by atoms with van der Waals surface area (Å²) in [6, 6.07) is 12.2. The largest absolute Gasteiger partial charge is 0.497 e. The molecule has 1 aliphatic rings. The topological polar surface area (TPSA) is 89.1 Å². The smallest absolute Gasteiger partial charge is 0.319 e. The highest BCUT2D eigenvalue weighted by molar-refractivity contribution is 5.96. The maximum atomic E-state index is 12.3. The number of nitrogens with zero attached hydrogens (tertiary/aromatic N) is 1. The summed E-state index contributed by atoms with van der Waals surface area (Å²) >= 11 is 0. The number of nitrogens with one attached hydrogen (secondary N) is 2. The van der Waals surface area contributed by atoms with E-state index in [0.717, 1.165) is 11.4 Å². The Hall–Kier alpha value is -3.42. The quantitative estimate of drug-likeness (QED) is 0.747. The van der Waals surface area contributed by atoms with Crippen molar-refractivity contribution in [1.29, 1.82) is 0 Å². The van der Waals surface area contributed by atoms with Crippen LogP contribution in [0.15, 0.2) is 42.5 Å². The van der Waals surface area contributed by atoms with E-state index in [1.807, 2.05) is 24.3 Å². The molecular weight excluding hydrogens is 374 g/mol. The molecule has 1 fully saturated rings. The van der Waals surface area contributed by atoms with Crippen LogP contribution in [0, 0.1) is 5.92 Å². The molecule has 8 heteroatoms. The highest BCUT2D eigenvalue weighted by Gasteiger charge is 2.30. The van der Waals surface area contributed by atoms with Gasteiger partial charge in [0.2, 0.25) is 5.91 Å². The summed E-state index contributed by atoms with van der Waals surface area (Å²) in [5.74, 6) is 1.94. The molecule has 0 radical (unpaired) electrons. The average Bonchev–Trinajstić information content (AvgIpc) is 3.12. The first-order valence-electron chi connectivity index (χ1n) is 9.25. The molecule has 2 N–H and O–H groups in total. The normalized spacial score (nSPS) is 15.8. The van der Waals surface area contributed by atoms with Crippen molar-refractivity contribution in [3.05, 3.63) is 42.5 Å². The Labute approximate surface area is 169 Å². The van der Waals surface area contributed by atoms with Gasteiger partial charge < -0.3 is 29.7 Å². The molecule has 1 saturated heterocycles. The molecule has 0 saturated carbocycles. The summed E-state index contributed by atoms with van der Waals surface area (Å²) in [6.07, 6.45) is 0.392. The van der Waals surface area contributed by atoms with E-state index in [2.05, 4.69) is 10.6 Å².